The minimum Gasteiger partial charge on any atom is -0.477 e. The van der Waals surface area contributed by atoms with Gasteiger partial charge in [-0.05, 0) is 38.0 Å². The highest BCUT2D eigenvalue weighted by molar-refractivity contribution is 5.98. The molecule has 12 nitrogen and oxygen atoms in total. The number of hydrazine groups is 1. The smallest absolute Gasteiger partial charge is 0.429 e. The van der Waals surface area contributed by atoms with Gasteiger partial charge in [0.25, 0.3) is 5.91 Å². The number of carboxylic acid groups (broad SMARTS) is 1. The van der Waals surface area contributed by atoms with Crippen LogP contribution in [0.15, 0.2) is 41.3 Å². The van der Waals surface area contributed by atoms with Crippen LogP contribution < -0.4 is 19.9 Å². The maximum absolute atomic E-state index is 12.3. The molecule has 3 heterocycles. The first-order valence-electron chi connectivity index (χ1n) is 12.2. The molecule has 3 aromatic rings. The Labute approximate surface area is 223 Å². The predicted molar refractivity (Wildman–Crippen MR) is 140 cm³/mol. The van der Waals surface area contributed by atoms with Crippen molar-refractivity contribution in [1.29, 1.82) is 0 Å². The Balaban J connectivity index is 0.000000181. The summed E-state index contributed by atoms with van der Waals surface area (Å²) in [7, 11) is 1.45. The highest BCUT2D eigenvalue weighted by Gasteiger charge is 2.34. The summed E-state index contributed by atoms with van der Waals surface area (Å²) in [5, 5.41) is 12.1. The number of aromatic carboxylic acids is 1. The molecule has 5 rings (SSSR count). The number of cyclic esters (lactones) is 1. The molecule has 0 atom stereocenters. The van der Waals surface area contributed by atoms with E-state index in [-0.39, 0.29) is 31.5 Å². The third-order valence-electron chi connectivity index (χ3n) is 6.28. The number of pyridine rings is 1. The minimum absolute atomic E-state index is 0.0996. The lowest BCUT2D eigenvalue weighted by molar-refractivity contribution is -0.124. The van der Waals surface area contributed by atoms with Crippen molar-refractivity contribution in [1.82, 2.24) is 9.58 Å². The van der Waals surface area contributed by atoms with Gasteiger partial charge in [0, 0.05) is 25.9 Å². The van der Waals surface area contributed by atoms with E-state index in [1.165, 1.54) is 23.3 Å². The summed E-state index contributed by atoms with van der Waals surface area (Å²) in [6.45, 7) is 6.86. The van der Waals surface area contributed by atoms with E-state index in [1.807, 2.05) is 39.0 Å². The Morgan fingerprint density at radius 3 is 2.31 bits per heavy atom. The van der Waals surface area contributed by atoms with Crippen molar-refractivity contribution < 1.29 is 38.4 Å². The number of nitrogens with zero attached hydrogens (tertiary/aromatic N) is 3. The lowest BCUT2D eigenvalue weighted by Gasteiger charge is -2.31. The van der Waals surface area contributed by atoms with E-state index in [0.29, 0.717) is 41.2 Å². The average molecular weight is 540 g/mol. The number of rotatable bonds is 6. The first-order chi connectivity index (χ1) is 18.7. The number of ether oxygens (including phenoxy) is 4. The molecule has 0 saturated carbocycles. The molecule has 206 valence electrons. The highest BCUT2D eigenvalue weighted by atomic mass is 16.7. The number of carbonyl (C=O) groups is 3. The SMILES string of the molecule is CCn1cc(C(=O)O)c(=O)c2cc3c(cc21)OCO3.COCC(=O)N(c1c(C)cccc1C)N1CCOC1=O. The summed E-state index contributed by atoms with van der Waals surface area (Å²) in [6, 6.07) is 8.95. The summed E-state index contributed by atoms with van der Waals surface area (Å²) in [6.07, 6.45) is 0.840. The van der Waals surface area contributed by atoms with Gasteiger partial charge in [-0.3, -0.25) is 9.59 Å². The number of para-hydroxylation sites is 1. The van der Waals surface area contributed by atoms with Crippen molar-refractivity contribution in [3.8, 4) is 11.5 Å². The molecular formula is C27H29N3O9. The maximum atomic E-state index is 12.3. The number of aryl methyl sites for hydroxylation is 3. The predicted octanol–water partition coefficient (Wildman–Crippen LogP) is 3.10. The van der Waals surface area contributed by atoms with Crippen LogP contribution in [0.2, 0.25) is 0 Å². The van der Waals surface area contributed by atoms with Crippen molar-refractivity contribution in [2.45, 2.75) is 27.3 Å². The molecule has 0 spiro atoms. The van der Waals surface area contributed by atoms with Crippen molar-refractivity contribution >= 4 is 34.6 Å². The first kappa shape index (κ1) is 27.5. The van der Waals surface area contributed by atoms with Crippen LogP contribution in [0.1, 0.15) is 28.4 Å². The molecule has 2 aliphatic heterocycles. The number of hydrogen-bond acceptors (Lipinski definition) is 8. The van der Waals surface area contributed by atoms with Gasteiger partial charge < -0.3 is 28.6 Å². The van der Waals surface area contributed by atoms with Gasteiger partial charge in [-0.15, -0.1) is 0 Å². The highest BCUT2D eigenvalue weighted by Crippen LogP contribution is 2.35. The third-order valence-corrected chi connectivity index (χ3v) is 6.28. The zero-order chi connectivity index (χ0) is 28.3. The summed E-state index contributed by atoms with van der Waals surface area (Å²) < 4.78 is 22.0. The van der Waals surface area contributed by atoms with E-state index in [9.17, 15) is 19.2 Å². The van der Waals surface area contributed by atoms with Gasteiger partial charge in [0.2, 0.25) is 12.2 Å². The van der Waals surface area contributed by atoms with Crippen LogP contribution in [0, 0.1) is 13.8 Å². The number of anilines is 1. The number of methoxy groups -OCH3 is 1. The molecule has 0 bridgehead atoms. The van der Waals surface area contributed by atoms with Gasteiger partial charge in [-0.1, -0.05) is 18.2 Å². The maximum Gasteiger partial charge on any atom is 0.429 e. The zero-order valence-corrected chi connectivity index (χ0v) is 22.1. The Kier molecular flexibility index (Phi) is 8.05. The number of amides is 2. The molecular weight excluding hydrogens is 510 g/mol. The van der Waals surface area contributed by atoms with Crippen molar-refractivity contribution in [2.24, 2.45) is 0 Å². The normalized spacial score (nSPS) is 13.6. The third kappa shape index (κ3) is 5.36. The summed E-state index contributed by atoms with van der Waals surface area (Å²) in [5.74, 6) is -0.498. The van der Waals surface area contributed by atoms with Gasteiger partial charge in [-0.25, -0.2) is 19.6 Å². The van der Waals surface area contributed by atoms with E-state index in [4.69, 9.17) is 24.1 Å². The Morgan fingerprint density at radius 1 is 1.08 bits per heavy atom. The fourth-order valence-corrected chi connectivity index (χ4v) is 4.47. The largest absolute Gasteiger partial charge is 0.477 e. The number of carbonyl (C=O) groups excluding carboxylic acids is 2. The lowest BCUT2D eigenvalue weighted by atomic mass is 10.1. The lowest BCUT2D eigenvalue weighted by Crippen LogP contribution is -2.49. The number of hydrogen-bond donors (Lipinski definition) is 1. The quantitative estimate of drug-likeness (QED) is 0.501. The van der Waals surface area contributed by atoms with Gasteiger partial charge in [0.1, 0.15) is 18.8 Å². The van der Waals surface area contributed by atoms with Crippen LogP contribution in [0.3, 0.4) is 0 Å². The molecule has 0 radical (unpaired) electrons. The van der Waals surface area contributed by atoms with Crippen molar-refractivity contribution in [2.75, 3.05) is 38.7 Å². The summed E-state index contributed by atoms with van der Waals surface area (Å²) in [4.78, 5) is 47.4. The Bertz CT molecular complexity index is 1480. The molecule has 2 aliphatic rings. The van der Waals surface area contributed by atoms with Gasteiger partial charge >= 0.3 is 12.1 Å². The molecule has 0 aliphatic carbocycles. The monoisotopic (exact) mass is 539 g/mol. The van der Waals surface area contributed by atoms with Crippen LogP contribution in [-0.4, -0.2) is 66.3 Å². The van der Waals surface area contributed by atoms with E-state index < -0.39 is 17.5 Å². The van der Waals surface area contributed by atoms with E-state index in [2.05, 4.69) is 0 Å². The second kappa shape index (κ2) is 11.4. The first-order valence-corrected chi connectivity index (χ1v) is 12.2. The van der Waals surface area contributed by atoms with Crippen LogP contribution in [-0.2, 0) is 20.8 Å². The molecule has 2 aromatic carbocycles. The van der Waals surface area contributed by atoms with Gasteiger partial charge in [0.15, 0.2) is 11.5 Å². The number of benzene rings is 2. The molecule has 2 amide bonds. The Morgan fingerprint density at radius 2 is 1.74 bits per heavy atom. The van der Waals surface area contributed by atoms with Crippen LogP contribution >= 0.6 is 0 Å². The summed E-state index contributed by atoms with van der Waals surface area (Å²) >= 11 is 0. The van der Waals surface area contributed by atoms with Gasteiger partial charge in [-0.2, -0.15) is 0 Å². The number of aromatic nitrogens is 1. The second-order valence-electron chi connectivity index (χ2n) is 8.80. The minimum atomic E-state index is -1.23. The van der Waals surface area contributed by atoms with E-state index >= 15 is 0 Å². The van der Waals surface area contributed by atoms with E-state index in [1.54, 1.807) is 16.7 Å². The molecule has 1 fully saturated rings. The van der Waals surface area contributed by atoms with Crippen molar-refractivity contribution in [3.63, 3.8) is 0 Å². The number of fused-ring (bicyclic) bond motifs is 2. The molecule has 1 saturated heterocycles. The average Bonchev–Trinajstić information content (AvgIpc) is 3.54. The topological polar surface area (TPSA) is 137 Å². The molecule has 1 aromatic heterocycles. The molecule has 12 heteroatoms. The van der Waals surface area contributed by atoms with Crippen LogP contribution in [0.4, 0.5) is 10.5 Å². The van der Waals surface area contributed by atoms with Crippen LogP contribution in [0.5, 0.6) is 11.5 Å². The number of carboxylic acids is 1. The van der Waals surface area contributed by atoms with Crippen molar-refractivity contribution in [3.05, 3.63) is 63.4 Å². The summed E-state index contributed by atoms with van der Waals surface area (Å²) in [5.41, 5.74) is 2.41. The fourth-order valence-electron chi connectivity index (χ4n) is 4.47. The molecule has 0 unspecified atom stereocenters. The standard InChI is InChI=1S/C14H18N2O4.C13H11NO5/c1-10-5-4-6-11(2)13(10)16(12(17)9-19-3)15-7-8-20-14(15)18;1-2-14-5-8(13(16)17)12(15)7-3-10-11(4-9(7)14)19-6-18-10/h4-6H,7-9H2,1-3H3;3-5H,2,6H2,1H3,(H,16,17). The zero-order valence-electron chi connectivity index (χ0n) is 22.1. The molecule has 39 heavy (non-hydrogen) atoms. The van der Waals surface area contributed by atoms with Gasteiger partial charge in [0.05, 0.1) is 23.1 Å². The second-order valence-corrected chi connectivity index (χ2v) is 8.80. The van der Waals surface area contributed by atoms with Crippen LogP contribution in [0.25, 0.3) is 10.9 Å². The van der Waals surface area contributed by atoms with E-state index in [0.717, 1.165) is 11.1 Å². The molecule has 1 N–H and O–H groups in total. The fraction of sp³-hybridized carbons (Fsp3) is 0.333. The Hall–Kier alpha value is -4.58.